The Balaban J connectivity index is 0.00000408. The van der Waals surface area contributed by atoms with Gasteiger partial charge in [0.05, 0.1) is 26.6 Å². The lowest BCUT2D eigenvalue weighted by Crippen LogP contribution is -2.37. The van der Waals surface area contributed by atoms with Gasteiger partial charge in [0.15, 0.2) is 17.5 Å². The van der Waals surface area contributed by atoms with E-state index in [1.807, 2.05) is 25.5 Å². The molecule has 0 saturated heterocycles. The monoisotopic (exact) mass is 577 g/mol. The number of aliphatic imine (C=N–C) groups is 1. The van der Waals surface area contributed by atoms with Crippen molar-refractivity contribution in [3.05, 3.63) is 77.9 Å². The van der Waals surface area contributed by atoms with Gasteiger partial charge in [-0.05, 0) is 55.5 Å². The van der Waals surface area contributed by atoms with Gasteiger partial charge in [-0.2, -0.15) is 0 Å². The number of ether oxygens (including phenoxy) is 2. The van der Waals surface area contributed by atoms with Crippen molar-refractivity contribution in [1.82, 2.24) is 20.2 Å². The molecule has 1 heterocycles. The summed E-state index contributed by atoms with van der Waals surface area (Å²) in [6.45, 7) is 7.78. The van der Waals surface area contributed by atoms with E-state index in [1.54, 1.807) is 13.3 Å². The third-order valence-corrected chi connectivity index (χ3v) is 5.14. The largest absolute Gasteiger partial charge is 0.493 e. The van der Waals surface area contributed by atoms with E-state index in [1.165, 1.54) is 16.7 Å². The van der Waals surface area contributed by atoms with Crippen LogP contribution in [0.5, 0.6) is 11.5 Å². The summed E-state index contributed by atoms with van der Waals surface area (Å²) in [6, 6.07) is 14.7. The minimum absolute atomic E-state index is 0. The lowest BCUT2D eigenvalue weighted by Gasteiger charge is -2.13. The number of hydrogen-bond acceptors (Lipinski definition) is 4. The molecule has 7 nitrogen and oxygen atoms in total. The van der Waals surface area contributed by atoms with Crippen LogP contribution < -0.4 is 20.1 Å². The molecule has 0 unspecified atom stereocenters. The van der Waals surface area contributed by atoms with Gasteiger partial charge in [-0.15, -0.1) is 24.0 Å². The summed E-state index contributed by atoms with van der Waals surface area (Å²) in [5.74, 6) is 2.41. The van der Waals surface area contributed by atoms with Gasteiger partial charge in [-0.25, -0.2) is 9.98 Å². The molecule has 0 aliphatic carbocycles. The minimum Gasteiger partial charge on any atom is -0.493 e. The van der Waals surface area contributed by atoms with E-state index in [2.05, 4.69) is 63.5 Å². The molecule has 2 aromatic carbocycles. The number of rotatable bonds is 12. The molecule has 8 heteroatoms. The molecule has 0 atom stereocenters. The predicted octanol–water partition coefficient (Wildman–Crippen LogP) is 4.64. The van der Waals surface area contributed by atoms with Gasteiger partial charge in [0.1, 0.15) is 0 Å². The topological polar surface area (TPSA) is 72.7 Å². The van der Waals surface area contributed by atoms with E-state index < -0.39 is 0 Å². The number of halogens is 1. The second kappa shape index (κ2) is 15.2. The molecular formula is C26H36IN5O2. The Bertz CT molecular complexity index is 1010. The first-order valence-corrected chi connectivity index (χ1v) is 11.6. The van der Waals surface area contributed by atoms with Crippen LogP contribution in [0.1, 0.15) is 37.0 Å². The molecule has 3 rings (SSSR count). The van der Waals surface area contributed by atoms with E-state index in [4.69, 9.17) is 14.5 Å². The second-order valence-corrected chi connectivity index (χ2v) is 7.70. The third kappa shape index (κ3) is 8.89. The Labute approximate surface area is 220 Å². The highest BCUT2D eigenvalue weighted by Crippen LogP contribution is 2.28. The maximum Gasteiger partial charge on any atom is 0.191 e. The molecule has 184 valence electrons. The SMILES string of the molecule is CCNC(=NCc1cccc(Cn2ccnc2)c1)NCCCc1ccc(OC)c(OCC)c1.I. The molecule has 0 aliphatic heterocycles. The van der Waals surface area contributed by atoms with Crippen molar-refractivity contribution in [2.45, 2.75) is 39.8 Å². The quantitative estimate of drug-likeness (QED) is 0.142. The summed E-state index contributed by atoms with van der Waals surface area (Å²) in [5, 5.41) is 6.78. The normalized spacial score (nSPS) is 11.0. The van der Waals surface area contributed by atoms with Crippen molar-refractivity contribution >= 4 is 29.9 Å². The second-order valence-electron chi connectivity index (χ2n) is 7.70. The lowest BCUT2D eigenvalue weighted by atomic mass is 10.1. The van der Waals surface area contributed by atoms with Crippen LogP contribution in [0.2, 0.25) is 0 Å². The summed E-state index contributed by atoms with van der Waals surface area (Å²) in [5.41, 5.74) is 3.66. The zero-order valence-electron chi connectivity index (χ0n) is 20.3. The number of nitrogens with one attached hydrogen (secondary N) is 2. The van der Waals surface area contributed by atoms with Crippen molar-refractivity contribution in [3.8, 4) is 11.5 Å². The average Bonchev–Trinajstić information content (AvgIpc) is 3.34. The zero-order valence-corrected chi connectivity index (χ0v) is 22.6. The predicted molar refractivity (Wildman–Crippen MR) is 148 cm³/mol. The van der Waals surface area contributed by atoms with Crippen LogP contribution in [-0.4, -0.2) is 42.3 Å². The van der Waals surface area contributed by atoms with Crippen LogP contribution in [0.25, 0.3) is 0 Å². The molecule has 0 radical (unpaired) electrons. The Morgan fingerprint density at radius 3 is 2.62 bits per heavy atom. The van der Waals surface area contributed by atoms with E-state index in [9.17, 15) is 0 Å². The number of nitrogens with zero attached hydrogens (tertiary/aromatic N) is 3. The first kappa shape index (κ1) is 27.5. The number of guanidine groups is 1. The molecule has 0 amide bonds. The van der Waals surface area contributed by atoms with Gasteiger partial charge in [-0.1, -0.05) is 30.3 Å². The van der Waals surface area contributed by atoms with Crippen LogP contribution in [0.3, 0.4) is 0 Å². The lowest BCUT2D eigenvalue weighted by molar-refractivity contribution is 0.310. The molecule has 2 N–H and O–H groups in total. The molecule has 3 aromatic rings. The van der Waals surface area contributed by atoms with Gasteiger partial charge in [-0.3, -0.25) is 0 Å². The minimum atomic E-state index is 0. The van der Waals surface area contributed by atoms with Crippen LogP contribution >= 0.6 is 24.0 Å². The Kier molecular flexibility index (Phi) is 12.3. The van der Waals surface area contributed by atoms with Gasteiger partial charge in [0, 0.05) is 32.0 Å². The zero-order chi connectivity index (χ0) is 23.3. The van der Waals surface area contributed by atoms with E-state index >= 15 is 0 Å². The number of aryl methyl sites for hydroxylation is 1. The highest BCUT2D eigenvalue weighted by molar-refractivity contribution is 14.0. The fraction of sp³-hybridized carbons (Fsp3) is 0.385. The average molecular weight is 578 g/mol. The van der Waals surface area contributed by atoms with Gasteiger partial charge < -0.3 is 24.7 Å². The van der Waals surface area contributed by atoms with Crippen molar-refractivity contribution in [2.75, 3.05) is 26.8 Å². The first-order chi connectivity index (χ1) is 16.2. The third-order valence-electron chi connectivity index (χ3n) is 5.14. The number of hydrogen-bond donors (Lipinski definition) is 2. The standard InChI is InChI=1S/C26H35N5O2.HI/c1-4-28-26(29-13-7-10-21-11-12-24(32-3)25(17-21)33-5-2)30-18-22-8-6-9-23(16-22)19-31-15-14-27-20-31;/h6,8-9,11-12,14-17,20H,4-5,7,10,13,18-19H2,1-3H3,(H2,28,29,30);1H. The molecule has 0 aliphatic rings. The summed E-state index contributed by atoms with van der Waals surface area (Å²) in [7, 11) is 1.67. The summed E-state index contributed by atoms with van der Waals surface area (Å²) < 4.78 is 13.1. The summed E-state index contributed by atoms with van der Waals surface area (Å²) in [4.78, 5) is 8.87. The van der Waals surface area contributed by atoms with E-state index in [0.717, 1.165) is 49.9 Å². The van der Waals surface area contributed by atoms with E-state index in [-0.39, 0.29) is 24.0 Å². The maximum atomic E-state index is 5.68. The number of methoxy groups -OCH3 is 1. The van der Waals surface area contributed by atoms with Gasteiger partial charge >= 0.3 is 0 Å². The van der Waals surface area contributed by atoms with Crippen LogP contribution in [0.15, 0.2) is 66.2 Å². The molecule has 0 spiro atoms. The van der Waals surface area contributed by atoms with Crippen molar-refractivity contribution < 1.29 is 9.47 Å². The number of aromatic nitrogens is 2. The van der Waals surface area contributed by atoms with Gasteiger partial charge in [0.2, 0.25) is 0 Å². The van der Waals surface area contributed by atoms with Crippen LogP contribution in [-0.2, 0) is 19.5 Å². The fourth-order valence-electron chi connectivity index (χ4n) is 3.57. The van der Waals surface area contributed by atoms with Crippen molar-refractivity contribution in [3.63, 3.8) is 0 Å². The number of benzene rings is 2. The van der Waals surface area contributed by atoms with Crippen molar-refractivity contribution in [1.29, 1.82) is 0 Å². The smallest absolute Gasteiger partial charge is 0.191 e. The highest BCUT2D eigenvalue weighted by atomic mass is 127. The Morgan fingerprint density at radius 1 is 1.03 bits per heavy atom. The Morgan fingerprint density at radius 2 is 1.88 bits per heavy atom. The highest BCUT2D eigenvalue weighted by Gasteiger charge is 2.06. The first-order valence-electron chi connectivity index (χ1n) is 11.6. The molecular weight excluding hydrogens is 541 g/mol. The molecule has 1 aromatic heterocycles. The van der Waals surface area contributed by atoms with Gasteiger partial charge in [0.25, 0.3) is 0 Å². The summed E-state index contributed by atoms with van der Waals surface area (Å²) >= 11 is 0. The maximum absolute atomic E-state index is 5.68. The van der Waals surface area contributed by atoms with Crippen molar-refractivity contribution in [2.24, 2.45) is 4.99 Å². The van der Waals surface area contributed by atoms with E-state index in [0.29, 0.717) is 13.2 Å². The number of imidazole rings is 1. The fourth-order valence-corrected chi connectivity index (χ4v) is 3.57. The molecule has 34 heavy (non-hydrogen) atoms. The van der Waals surface area contributed by atoms with Crippen LogP contribution in [0, 0.1) is 0 Å². The molecule has 0 saturated carbocycles. The molecule has 0 bridgehead atoms. The Hall–Kier alpha value is -2.75. The summed E-state index contributed by atoms with van der Waals surface area (Å²) in [6.07, 6.45) is 7.55. The molecule has 0 fully saturated rings. The van der Waals surface area contributed by atoms with Crippen LogP contribution in [0.4, 0.5) is 0 Å².